The van der Waals surface area contributed by atoms with Crippen molar-refractivity contribution in [3.8, 4) is 0 Å². The molecule has 0 radical (unpaired) electrons. The lowest BCUT2D eigenvalue weighted by molar-refractivity contribution is 0.192. The van der Waals surface area contributed by atoms with Gasteiger partial charge in [-0.25, -0.2) is 0 Å². The van der Waals surface area contributed by atoms with Crippen molar-refractivity contribution in [2.45, 2.75) is 31.6 Å². The molecule has 2 aliphatic carbocycles. The van der Waals surface area contributed by atoms with Gasteiger partial charge in [0.1, 0.15) is 0 Å². The molecule has 2 aromatic carbocycles. The summed E-state index contributed by atoms with van der Waals surface area (Å²) in [6.45, 7) is 0.328. The number of aliphatic hydroxyl groups excluding tert-OH is 1. The first-order valence-corrected chi connectivity index (χ1v) is 7.02. The van der Waals surface area contributed by atoms with E-state index in [2.05, 4.69) is 30.3 Å². The van der Waals surface area contributed by atoms with Crippen molar-refractivity contribution in [3.05, 3.63) is 47.0 Å². The lowest BCUT2D eigenvalue weighted by Gasteiger charge is -2.37. The van der Waals surface area contributed by atoms with E-state index >= 15 is 0 Å². The highest BCUT2D eigenvalue weighted by Crippen LogP contribution is 2.46. The molecule has 2 atom stereocenters. The smallest absolute Gasteiger partial charge is 0.0468 e. The zero-order valence-electron chi connectivity index (χ0n) is 10.5. The van der Waals surface area contributed by atoms with E-state index in [1.165, 1.54) is 41.2 Å². The highest BCUT2D eigenvalue weighted by molar-refractivity contribution is 5.91. The Balaban J connectivity index is 2.08. The van der Waals surface area contributed by atoms with Gasteiger partial charge in [0.25, 0.3) is 0 Å². The van der Waals surface area contributed by atoms with Gasteiger partial charge in [-0.1, -0.05) is 30.3 Å². The fraction of sp³-hybridized carbons (Fsp3) is 0.412. The van der Waals surface area contributed by atoms with Gasteiger partial charge in [0, 0.05) is 6.61 Å². The van der Waals surface area contributed by atoms with Gasteiger partial charge in [-0.3, -0.25) is 0 Å². The SMILES string of the molecule is OCC1Cc2cccc3ccc4c(c23)C1CCC4. The predicted molar refractivity (Wildman–Crippen MR) is 73.9 cm³/mol. The van der Waals surface area contributed by atoms with Gasteiger partial charge >= 0.3 is 0 Å². The van der Waals surface area contributed by atoms with E-state index in [0.29, 0.717) is 18.4 Å². The lowest BCUT2D eigenvalue weighted by atomic mass is 9.68. The van der Waals surface area contributed by atoms with E-state index in [1.807, 2.05) is 0 Å². The fourth-order valence-electron chi connectivity index (χ4n) is 4.08. The molecule has 2 unspecified atom stereocenters. The summed E-state index contributed by atoms with van der Waals surface area (Å²) in [6.07, 6.45) is 4.80. The topological polar surface area (TPSA) is 20.2 Å². The third-order valence-corrected chi connectivity index (χ3v) is 4.88. The van der Waals surface area contributed by atoms with Gasteiger partial charge in [-0.15, -0.1) is 0 Å². The largest absolute Gasteiger partial charge is 0.396 e. The Morgan fingerprint density at radius 2 is 2.06 bits per heavy atom. The van der Waals surface area contributed by atoms with Crippen molar-refractivity contribution in [2.24, 2.45) is 5.92 Å². The standard InChI is InChI=1S/C17H18O/c18-10-14-9-13-5-1-3-11-7-8-12-4-2-6-15(14)17(12)16(11)13/h1,3,5,7-8,14-15,18H,2,4,6,9-10H2. The van der Waals surface area contributed by atoms with Crippen molar-refractivity contribution in [2.75, 3.05) is 6.61 Å². The van der Waals surface area contributed by atoms with Crippen LogP contribution < -0.4 is 0 Å². The molecule has 0 fully saturated rings. The summed E-state index contributed by atoms with van der Waals surface area (Å²) >= 11 is 0. The van der Waals surface area contributed by atoms with E-state index in [1.54, 1.807) is 5.56 Å². The quantitative estimate of drug-likeness (QED) is 0.807. The van der Waals surface area contributed by atoms with Crippen LogP contribution in [-0.4, -0.2) is 11.7 Å². The van der Waals surface area contributed by atoms with Crippen molar-refractivity contribution in [1.29, 1.82) is 0 Å². The molecule has 2 aromatic rings. The second-order valence-electron chi connectivity index (χ2n) is 5.80. The number of rotatable bonds is 1. The van der Waals surface area contributed by atoms with E-state index < -0.39 is 0 Å². The highest BCUT2D eigenvalue weighted by Gasteiger charge is 2.33. The van der Waals surface area contributed by atoms with Crippen LogP contribution in [0.5, 0.6) is 0 Å². The molecule has 4 rings (SSSR count). The Morgan fingerprint density at radius 3 is 2.94 bits per heavy atom. The zero-order valence-corrected chi connectivity index (χ0v) is 10.5. The first kappa shape index (κ1) is 10.6. The normalized spacial score (nSPS) is 25.4. The summed E-state index contributed by atoms with van der Waals surface area (Å²) in [5, 5.41) is 12.6. The van der Waals surface area contributed by atoms with Crippen LogP contribution in [0.15, 0.2) is 30.3 Å². The maximum Gasteiger partial charge on any atom is 0.0468 e. The minimum absolute atomic E-state index is 0.328. The van der Waals surface area contributed by atoms with Crippen molar-refractivity contribution >= 4 is 10.8 Å². The van der Waals surface area contributed by atoms with Crippen LogP contribution in [0.25, 0.3) is 10.8 Å². The van der Waals surface area contributed by atoms with Gasteiger partial charge in [0.2, 0.25) is 0 Å². The second kappa shape index (κ2) is 3.83. The number of hydrogen-bond acceptors (Lipinski definition) is 1. The molecule has 1 N–H and O–H groups in total. The molecule has 18 heavy (non-hydrogen) atoms. The van der Waals surface area contributed by atoms with E-state index in [9.17, 15) is 5.11 Å². The van der Waals surface area contributed by atoms with Crippen molar-refractivity contribution in [3.63, 3.8) is 0 Å². The number of hydrogen-bond donors (Lipinski definition) is 1. The van der Waals surface area contributed by atoms with Crippen LogP contribution in [0.3, 0.4) is 0 Å². The van der Waals surface area contributed by atoms with E-state index in [4.69, 9.17) is 0 Å². The maximum atomic E-state index is 9.69. The predicted octanol–water partition coefficient (Wildman–Crippen LogP) is 3.42. The Morgan fingerprint density at radius 1 is 1.11 bits per heavy atom. The van der Waals surface area contributed by atoms with Crippen LogP contribution in [-0.2, 0) is 12.8 Å². The van der Waals surface area contributed by atoms with Gasteiger partial charge < -0.3 is 5.11 Å². The Bertz CT molecular complexity index is 614. The average Bonchev–Trinajstić information content (AvgIpc) is 2.44. The second-order valence-corrected chi connectivity index (χ2v) is 5.80. The first-order valence-electron chi connectivity index (χ1n) is 7.02. The van der Waals surface area contributed by atoms with Crippen LogP contribution in [0.2, 0.25) is 0 Å². The summed E-state index contributed by atoms with van der Waals surface area (Å²) in [5.41, 5.74) is 4.55. The highest BCUT2D eigenvalue weighted by atomic mass is 16.3. The summed E-state index contributed by atoms with van der Waals surface area (Å²) in [5.74, 6) is 1.03. The summed E-state index contributed by atoms with van der Waals surface area (Å²) in [4.78, 5) is 0. The molecule has 0 bridgehead atoms. The Labute approximate surface area is 107 Å². The molecule has 0 aromatic heterocycles. The van der Waals surface area contributed by atoms with Crippen molar-refractivity contribution < 1.29 is 5.11 Å². The molecule has 0 spiro atoms. The lowest BCUT2D eigenvalue weighted by Crippen LogP contribution is -2.27. The molecule has 1 nitrogen and oxygen atoms in total. The molecule has 1 heteroatoms. The Hall–Kier alpha value is -1.34. The number of aryl methyl sites for hydroxylation is 1. The van der Waals surface area contributed by atoms with Crippen LogP contribution >= 0.6 is 0 Å². The zero-order chi connectivity index (χ0) is 12.1. The third kappa shape index (κ3) is 1.31. The van der Waals surface area contributed by atoms with E-state index in [-0.39, 0.29) is 0 Å². The van der Waals surface area contributed by atoms with Gasteiger partial charge in [-0.05, 0) is 65.0 Å². The molecule has 0 heterocycles. The first-order chi connectivity index (χ1) is 8.88. The van der Waals surface area contributed by atoms with Crippen molar-refractivity contribution in [1.82, 2.24) is 0 Å². The Kier molecular flexibility index (Phi) is 2.25. The molecule has 0 saturated carbocycles. The third-order valence-electron chi connectivity index (χ3n) is 4.88. The number of benzene rings is 2. The van der Waals surface area contributed by atoms with Gasteiger partial charge in [-0.2, -0.15) is 0 Å². The van der Waals surface area contributed by atoms with Crippen LogP contribution in [0.1, 0.15) is 35.4 Å². The average molecular weight is 238 g/mol. The van der Waals surface area contributed by atoms with E-state index in [0.717, 1.165) is 6.42 Å². The summed E-state index contributed by atoms with van der Waals surface area (Å²) in [6, 6.07) is 11.2. The molecule has 0 amide bonds. The summed E-state index contributed by atoms with van der Waals surface area (Å²) in [7, 11) is 0. The fourth-order valence-corrected chi connectivity index (χ4v) is 4.08. The molecule has 92 valence electrons. The van der Waals surface area contributed by atoms with Gasteiger partial charge in [0.15, 0.2) is 0 Å². The molecular weight excluding hydrogens is 220 g/mol. The van der Waals surface area contributed by atoms with Gasteiger partial charge in [0.05, 0.1) is 0 Å². The maximum absolute atomic E-state index is 9.69. The molecular formula is C17H18O. The molecule has 2 aliphatic rings. The van der Waals surface area contributed by atoms with Crippen LogP contribution in [0.4, 0.5) is 0 Å². The molecule has 0 saturated heterocycles. The monoisotopic (exact) mass is 238 g/mol. The molecule has 0 aliphatic heterocycles. The minimum atomic E-state index is 0.328. The number of aliphatic hydroxyl groups is 1. The summed E-state index contributed by atoms with van der Waals surface area (Å²) < 4.78 is 0. The minimum Gasteiger partial charge on any atom is -0.396 e. The van der Waals surface area contributed by atoms with Crippen LogP contribution in [0, 0.1) is 5.92 Å².